The van der Waals surface area contributed by atoms with Gasteiger partial charge in [-0.15, -0.1) is 0 Å². The molecule has 0 saturated heterocycles. The van der Waals surface area contributed by atoms with Gasteiger partial charge >= 0.3 is 5.97 Å². The number of nitrogens with zero attached hydrogens (tertiary/aromatic N) is 1. The quantitative estimate of drug-likeness (QED) is 0.607. The first-order valence-corrected chi connectivity index (χ1v) is 7.66. The fourth-order valence-electron chi connectivity index (χ4n) is 2.56. The Morgan fingerprint density at radius 2 is 1.89 bits per heavy atom. The summed E-state index contributed by atoms with van der Waals surface area (Å²) in [5, 5.41) is 12.6. The zero-order valence-corrected chi connectivity index (χ0v) is 13.3. The molecular formula is C15H32N2O2. The number of aliphatic carboxylic acids is 1. The van der Waals surface area contributed by atoms with E-state index in [0.29, 0.717) is 25.4 Å². The third kappa shape index (κ3) is 5.91. The number of hydrogen-bond donors (Lipinski definition) is 2. The fourth-order valence-corrected chi connectivity index (χ4v) is 2.56. The maximum Gasteiger partial charge on any atom is 0.323 e. The molecule has 4 nitrogen and oxygen atoms in total. The first-order chi connectivity index (χ1) is 8.93. The van der Waals surface area contributed by atoms with Gasteiger partial charge in [-0.2, -0.15) is 0 Å². The van der Waals surface area contributed by atoms with Crippen LogP contribution < -0.4 is 5.32 Å². The molecule has 0 heterocycles. The monoisotopic (exact) mass is 272 g/mol. The Kier molecular flexibility index (Phi) is 9.02. The van der Waals surface area contributed by atoms with E-state index >= 15 is 0 Å². The van der Waals surface area contributed by atoms with E-state index in [4.69, 9.17) is 0 Å². The van der Waals surface area contributed by atoms with Crippen molar-refractivity contribution in [3.05, 3.63) is 0 Å². The largest absolute Gasteiger partial charge is 0.480 e. The highest BCUT2D eigenvalue weighted by Crippen LogP contribution is 2.19. The van der Waals surface area contributed by atoms with Crippen molar-refractivity contribution < 1.29 is 9.90 Å². The zero-order chi connectivity index (χ0) is 14.9. The van der Waals surface area contributed by atoms with Gasteiger partial charge in [-0.1, -0.05) is 20.8 Å². The van der Waals surface area contributed by atoms with Gasteiger partial charge in [0.1, 0.15) is 5.54 Å². The van der Waals surface area contributed by atoms with Gasteiger partial charge in [-0.05, 0) is 59.2 Å². The Hall–Kier alpha value is -0.610. The molecule has 0 spiro atoms. The van der Waals surface area contributed by atoms with Crippen LogP contribution in [0, 0.1) is 0 Å². The van der Waals surface area contributed by atoms with Crippen LogP contribution in [0.1, 0.15) is 60.3 Å². The zero-order valence-electron chi connectivity index (χ0n) is 13.3. The highest BCUT2D eigenvalue weighted by atomic mass is 16.4. The van der Waals surface area contributed by atoms with Crippen LogP contribution in [0.4, 0.5) is 0 Å². The second-order valence-corrected chi connectivity index (χ2v) is 5.50. The lowest BCUT2D eigenvalue weighted by atomic mass is 9.90. The average Bonchev–Trinajstić information content (AvgIpc) is 2.36. The molecule has 19 heavy (non-hydrogen) atoms. The van der Waals surface area contributed by atoms with Gasteiger partial charge in [0.2, 0.25) is 0 Å². The summed E-state index contributed by atoms with van der Waals surface area (Å²) in [5.41, 5.74) is -0.746. The minimum atomic E-state index is -0.746. The van der Waals surface area contributed by atoms with Crippen LogP contribution in [-0.4, -0.2) is 47.2 Å². The van der Waals surface area contributed by atoms with Crippen molar-refractivity contribution >= 4 is 5.97 Å². The third-order valence-electron chi connectivity index (χ3n) is 3.82. The van der Waals surface area contributed by atoms with Gasteiger partial charge in [0.15, 0.2) is 0 Å². The molecule has 4 heteroatoms. The Balaban J connectivity index is 4.43. The average molecular weight is 272 g/mol. The minimum Gasteiger partial charge on any atom is -0.480 e. The van der Waals surface area contributed by atoms with E-state index in [2.05, 4.69) is 31.0 Å². The van der Waals surface area contributed by atoms with Crippen molar-refractivity contribution in [2.24, 2.45) is 0 Å². The lowest BCUT2D eigenvalue weighted by Gasteiger charge is -2.31. The molecule has 0 aliphatic carbocycles. The summed E-state index contributed by atoms with van der Waals surface area (Å²) in [6, 6.07) is 0.528. The highest BCUT2D eigenvalue weighted by molar-refractivity contribution is 5.78. The second-order valence-electron chi connectivity index (χ2n) is 5.50. The number of carboxylic acids is 1. The minimum absolute atomic E-state index is 0.528. The predicted octanol–water partition coefficient (Wildman–Crippen LogP) is 2.73. The van der Waals surface area contributed by atoms with Gasteiger partial charge in [0.05, 0.1) is 0 Å². The van der Waals surface area contributed by atoms with Crippen LogP contribution in [0.2, 0.25) is 0 Å². The molecule has 114 valence electrons. The van der Waals surface area contributed by atoms with E-state index in [-0.39, 0.29) is 0 Å². The van der Waals surface area contributed by atoms with Gasteiger partial charge in [0, 0.05) is 6.04 Å². The van der Waals surface area contributed by atoms with Crippen LogP contribution in [0.3, 0.4) is 0 Å². The number of carboxylic acid groups (broad SMARTS) is 1. The molecule has 1 atom stereocenters. The van der Waals surface area contributed by atoms with Crippen molar-refractivity contribution in [2.75, 3.05) is 19.6 Å². The molecule has 0 radical (unpaired) electrons. The highest BCUT2D eigenvalue weighted by Gasteiger charge is 2.35. The van der Waals surface area contributed by atoms with Gasteiger partial charge < -0.3 is 15.3 Å². The molecule has 1 unspecified atom stereocenters. The summed E-state index contributed by atoms with van der Waals surface area (Å²) in [4.78, 5) is 13.9. The topological polar surface area (TPSA) is 52.6 Å². The molecule has 0 bridgehead atoms. The Morgan fingerprint density at radius 1 is 1.26 bits per heavy atom. The van der Waals surface area contributed by atoms with Crippen molar-refractivity contribution in [2.45, 2.75) is 71.9 Å². The van der Waals surface area contributed by atoms with Crippen molar-refractivity contribution in [1.29, 1.82) is 0 Å². The predicted molar refractivity (Wildman–Crippen MR) is 80.6 cm³/mol. The first-order valence-electron chi connectivity index (χ1n) is 7.66. The standard InChI is InChI=1S/C15H32N2O2/c1-6-11-17(13(4)5)12-9-10-15(7-2,14(18)19)16-8-3/h13,16H,6-12H2,1-5H3,(H,18,19). The van der Waals surface area contributed by atoms with Crippen molar-refractivity contribution in [1.82, 2.24) is 10.2 Å². The molecule has 0 aromatic carbocycles. The summed E-state index contributed by atoms with van der Waals surface area (Å²) < 4.78 is 0. The van der Waals surface area contributed by atoms with Crippen molar-refractivity contribution in [3.8, 4) is 0 Å². The van der Waals surface area contributed by atoms with Gasteiger partial charge in [-0.25, -0.2) is 0 Å². The number of rotatable bonds is 11. The van der Waals surface area contributed by atoms with Crippen LogP contribution in [0.15, 0.2) is 0 Å². The smallest absolute Gasteiger partial charge is 0.323 e. The molecule has 0 saturated carbocycles. The number of carbonyl (C=O) groups is 1. The lowest BCUT2D eigenvalue weighted by molar-refractivity contribution is -0.145. The van der Waals surface area contributed by atoms with E-state index < -0.39 is 11.5 Å². The van der Waals surface area contributed by atoms with E-state index in [9.17, 15) is 9.90 Å². The molecule has 0 aliphatic rings. The lowest BCUT2D eigenvalue weighted by Crippen LogP contribution is -2.52. The van der Waals surface area contributed by atoms with Crippen LogP contribution in [0.25, 0.3) is 0 Å². The van der Waals surface area contributed by atoms with Gasteiger partial charge in [0.25, 0.3) is 0 Å². The summed E-state index contributed by atoms with van der Waals surface area (Å²) in [7, 11) is 0. The Bertz CT molecular complexity index is 257. The summed E-state index contributed by atoms with van der Waals surface area (Å²) in [5.74, 6) is -0.719. The van der Waals surface area contributed by atoms with Crippen molar-refractivity contribution in [3.63, 3.8) is 0 Å². The second kappa shape index (κ2) is 9.32. The van der Waals surface area contributed by atoms with E-state index in [1.165, 1.54) is 0 Å². The molecular weight excluding hydrogens is 240 g/mol. The fraction of sp³-hybridized carbons (Fsp3) is 0.933. The summed E-state index contributed by atoms with van der Waals surface area (Å²) in [6.45, 7) is 13.3. The summed E-state index contributed by atoms with van der Waals surface area (Å²) >= 11 is 0. The van der Waals surface area contributed by atoms with Crippen LogP contribution in [0.5, 0.6) is 0 Å². The molecule has 0 aliphatic heterocycles. The SMILES string of the molecule is CCCN(CCCC(CC)(NCC)C(=O)O)C(C)C. The number of likely N-dealkylation sites (N-methyl/N-ethyl adjacent to an activating group) is 1. The molecule has 0 amide bonds. The Morgan fingerprint density at radius 3 is 2.26 bits per heavy atom. The van der Waals surface area contributed by atoms with Crippen LogP contribution >= 0.6 is 0 Å². The van der Waals surface area contributed by atoms with E-state index in [1.54, 1.807) is 0 Å². The van der Waals surface area contributed by atoms with E-state index in [1.807, 2.05) is 13.8 Å². The first kappa shape index (κ1) is 18.4. The number of hydrogen-bond acceptors (Lipinski definition) is 3. The summed E-state index contributed by atoms with van der Waals surface area (Å²) in [6.07, 6.45) is 3.39. The molecule has 0 rings (SSSR count). The third-order valence-corrected chi connectivity index (χ3v) is 3.82. The maximum atomic E-state index is 11.5. The Labute approximate surface area is 118 Å². The van der Waals surface area contributed by atoms with Crippen LogP contribution in [-0.2, 0) is 4.79 Å². The molecule has 2 N–H and O–H groups in total. The van der Waals surface area contributed by atoms with Gasteiger partial charge in [-0.3, -0.25) is 4.79 Å². The molecule has 0 aromatic rings. The number of nitrogens with one attached hydrogen (secondary N) is 1. The molecule has 0 fully saturated rings. The normalized spacial score (nSPS) is 14.9. The maximum absolute atomic E-state index is 11.5. The molecule has 0 aromatic heterocycles. The van der Waals surface area contributed by atoms with E-state index in [0.717, 1.165) is 25.9 Å².